The monoisotopic (exact) mass is 304 g/mol. The van der Waals surface area contributed by atoms with E-state index in [4.69, 9.17) is 0 Å². The molecule has 1 atom stereocenters. The second kappa shape index (κ2) is 7.75. The van der Waals surface area contributed by atoms with Gasteiger partial charge in [0.05, 0.1) is 18.8 Å². The number of likely N-dealkylation sites (tertiary alicyclic amines) is 1. The fourth-order valence-electron chi connectivity index (χ4n) is 4.01. The number of aromatic nitrogens is 3. The van der Waals surface area contributed by atoms with E-state index in [1.54, 1.807) is 6.20 Å². The number of amides is 1. The van der Waals surface area contributed by atoms with Gasteiger partial charge in [0.15, 0.2) is 0 Å². The predicted molar refractivity (Wildman–Crippen MR) is 85.2 cm³/mol. The number of rotatable bonds is 5. The van der Waals surface area contributed by atoms with E-state index in [1.807, 2.05) is 10.9 Å². The summed E-state index contributed by atoms with van der Waals surface area (Å²) in [6, 6.07) is 0.300. The summed E-state index contributed by atoms with van der Waals surface area (Å²) in [5, 5.41) is 7.92. The maximum atomic E-state index is 12.7. The van der Waals surface area contributed by atoms with Crippen LogP contribution in [0.3, 0.4) is 0 Å². The van der Waals surface area contributed by atoms with Crippen LogP contribution in [0.4, 0.5) is 0 Å². The Morgan fingerprint density at radius 3 is 2.68 bits per heavy atom. The summed E-state index contributed by atoms with van der Waals surface area (Å²) >= 11 is 0. The number of carbonyl (C=O) groups is 1. The van der Waals surface area contributed by atoms with Crippen LogP contribution in [0.5, 0.6) is 0 Å². The van der Waals surface area contributed by atoms with Crippen molar-refractivity contribution in [1.29, 1.82) is 0 Å². The average molecular weight is 304 g/mol. The predicted octanol–water partition coefficient (Wildman–Crippen LogP) is 3.02. The van der Waals surface area contributed by atoms with Crippen LogP contribution in [0.2, 0.25) is 0 Å². The van der Waals surface area contributed by atoms with Crippen LogP contribution in [0.25, 0.3) is 0 Å². The fourth-order valence-corrected chi connectivity index (χ4v) is 4.01. The third kappa shape index (κ3) is 4.08. The van der Waals surface area contributed by atoms with Crippen LogP contribution in [0, 0.1) is 5.92 Å². The highest BCUT2D eigenvalue weighted by atomic mass is 16.2. The highest BCUT2D eigenvalue weighted by Gasteiger charge is 2.27. The van der Waals surface area contributed by atoms with E-state index in [0.29, 0.717) is 11.9 Å². The molecule has 0 spiro atoms. The van der Waals surface area contributed by atoms with Crippen molar-refractivity contribution in [2.75, 3.05) is 6.54 Å². The third-order valence-electron chi connectivity index (χ3n) is 5.31. The minimum absolute atomic E-state index is 0.300. The molecular formula is C17H28N4O. The van der Waals surface area contributed by atoms with Gasteiger partial charge in [-0.05, 0) is 31.6 Å². The topological polar surface area (TPSA) is 51.0 Å². The summed E-state index contributed by atoms with van der Waals surface area (Å²) in [5.41, 5.74) is 0. The molecule has 1 saturated carbocycles. The molecule has 5 nitrogen and oxygen atoms in total. The summed E-state index contributed by atoms with van der Waals surface area (Å²) in [5.74, 6) is 1.15. The van der Waals surface area contributed by atoms with E-state index in [1.165, 1.54) is 38.5 Å². The van der Waals surface area contributed by atoms with Gasteiger partial charge in [0.1, 0.15) is 0 Å². The van der Waals surface area contributed by atoms with Crippen LogP contribution in [0.1, 0.15) is 64.2 Å². The number of carbonyl (C=O) groups excluding carboxylic acids is 1. The zero-order valence-electron chi connectivity index (χ0n) is 13.5. The van der Waals surface area contributed by atoms with E-state index in [9.17, 15) is 4.79 Å². The highest BCUT2D eigenvalue weighted by Crippen LogP contribution is 2.28. The Kier molecular flexibility index (Phi) is 5.46. The first kappa shape index (κ1) is 15.5. The highest BCUT2D eigenvalue weighted by molar-refractivity contribution is 5.76. The van der Waals surface area contributed by atoms with Crippen molar-refractivity contribution in [3.63, 3.8) is 0 Å². The first-order chi connectivity index (χ1) is 10.8. The molecule has 3 rings (SSSR count). The van der Waals surface area contributed by atoms with Crippen LogP contribution in [-0.4, -0.2) is 38.4 Å². The van der Waals surface area contributed by atoms with E-state index in [2.05, 4.69) is 15.2 Å². The van der Waals surface area contributed by atoms with Crippen LogP contribution >= 0.6 is 0 Å². The third-order valence-corrected chi connectivity index (χ3v) is 5.31. The lowest BCUT2D eigenvalue weighted by Gasteiger charge is -2.36. The molecule has 22 heavy (non-hydrogen) atoms. The largest absolute Gasteiger partial charge is 0.338 e. The molecule has 0 bridgehead atoms. The Bertz CT molecular complexity index is 453. The normalized spacial score (nSPS) is 23.6. The number of nitrogens with zero attached hydrogens (tertiary/aromatic N) is 4. The van der Waals surface area contributed by atoms with Gasteiger partial charge in [-0.3, -0.25) is 9.48 Å². The molecule has 1 aliphatic heterocycles. The minimum atomic E-state index is 0.300. The lowest BCUT2D eigenvalue weighted by Crippen LogP contribution is -2.46. The number of hydrogen-bond acceptors (Lipinski definition) is 3. The molecule has 0 aromatic carbocycles. The standard InChI is InChI=1S/C17H28N4O/c22-17(10-9-15-6-2-1-3-7-15)21-12-5-4-8-16(21)14-20-13-11-18-19-20/h11,13,15-16H,1-10,12,14H2. The maximum Gasteiger partial charge on any atom is 0.222 e. The van der Waals surface area contributed by atoms with Crippen molar-refractivity contribution >= 4 is 5.91 Å². The summed E-state index contributed by atoms with van der Waals surface area (Å²) in [7, 11) is 0. The maximum absolute atomic E-state index is 12.7. The van der Waals surface area contributed by atoms with Gasteiger partial charge in [-0.2, -0.15) is 0 Å². The minimum Gasteiger partial charge on any atom is -0.338 e. The average Bonchev–Trinajstić information content (AvgIpc) is 3.07. The van der Waals surface area contributed by atoms with Crippen molar-refractivity contribution in [2.45, 2.75) is 76.8 Å². The second-order valence-corrected chi connectivity index (χ2v) is 6.90. The smallest absolute Gasteiger partial charge is 0.222 e. The zero-order valence-corrected chi connectivity index (χ0v) is 13.5. The number of hydrogen-bond donors (Lipinski definition) is 0. The SMILES string of the molecule is O=C(CCC1CCCCC1)N1CCCCC1Cn1ccnn1. The Hall–Kier alpha value is -1.39. The van der Waals surface area contributed by atoms with E-state index in [0.717, 1.165) is 44.7 Å². The molecule has 122 valence electrons. The molecule has 1 amide bonds. The summed E-state index contributed by atoms with van der Waals surface area (Å²) in [6.07, 6.45) is 15.6. The van der Waals surface area contributed by atoms with Gasteiger partial charge in [0, 0.05) is 19.2 Å². The van der Waals surface area contributed by atoms with Gasteiger partial charge in [0.25, 0.3) is 0 Å². The van der Waals surface area contributed by atoms with Crippen molar-refractivity contribution < 1.29 is 4.79 Å². The molecule has 1 unspecified atom stereocenters. The van der Waals surface area contributed by atoms with Gasteiger partial charge in [-0.15, -0.1) is 5.10 Å². The molecule has 2 aliphatic rings. The summed E-state index contributed by atoms with van der Waals surface area (Å²) in [6.45, 7) is 1.71. The Labute approximate surface area is 133 Å². The summed E-state index contributed by atoms with van der Waals surface area (Å²) in [4.78, 5) is 14.8. The molecule has 1 aromatic heterocycles. The van der Waals surface area contributed by atoms with Crippen molar-refractivity contribution in [2.24, 2.45) is 5.92 Å². The fraction of sp³-hybridized carbons (Fsp3) is 0.824. The molecule has 2 heterocycles. The quantitative estimate of drug-likeness (QED) is 0.840. The van der Waals surface area contributed by atoms with Gasteiger partial charge >= 0.3 is 0 Å². The molecule has 2 fully saturated rings. The second-order valence-electron chi connectivity index (χ2n) is 6.90. The van der Waals surface area contributed by atoms with Gasteiger partial charge in [-0.25, -0.2) is 0 Å². The van der Waals surface area contributed by atoms with E-state index < -0.39 is 0 Å². The van der Waals surface area contributed by atoms with Crippen LogP contribution in [0.15, 0.2) is 12.4 Å². The van der Waals surface area contributed by atoms with Crippen molar-refractivity contribution in [1.82, 2.24) is 19.9 Å². The Morgan fingerprint density at radius 2 is 1.91 bits per heavy atom. The van der Waals surface area contributed by atoms with E-state index in [-0.39, 0.29) is 0 Å². The number of piperidine rings is 1. The van der Waals surface area contributed by atoms with Crippen molar-refractivity contribution in [3.05, 3.63) is 12.4 Å². The first-order valence-corrected chi connectivity index (χ1v) is 8.96. The molecule has 5 heteroatoms. The van der Waals surface area contributed by atoms with E-state index >= 15 is 0 Å². The molecule has 1 aromatic rings. The van der Waals surface area contributed by atoms with Crippen molar-refractivity contribution in [3.8, 4) is 0 Å². The lowest BCUT2D eigenvalue weighted by atomic mass is 9.86. The van der Waals surface area contributed by atoms with Gasteiger partial charge in [0.2, 0.25) is 5.91 Å². The Balaban J connectivity index is 1.51. The Morgan fingerprint density at radius 1 is 1.09 bits per heavy atom. The van der Waals surface area contributed by atoms with Crippen LogP contribution < -0.4 is 0 Å². The molecule has 0 radical (unpaired) electrons. The summed E-state index contributed by atoms with van der Waals surface area (Å²) < 4.78 is 1.86. The molecular weight excluding hydrogens is 276 g/mol. The van der Waals surface area contributed by atoms with Gasteiger partial charge in [-0.1, -0.05) is 37.3 Å². The first-order valence-electron chi connectivity index (χ1n) is 8.96. The molecule has 1 saturated heterocycles. The van der Waals surface area contributed by atoms with Crippen LogP contribution in [-0.2, 0) is 11.3 Å². The lowest BCUT2D eigenvalue weighted by molar-refractivity contribution is -0.135. The molecule has 1 aliphatic carbocycles. The van der Waals surface area contributed by atoms with Gasteiger partial charge < -0.3 is 4.90 Å². The molecule has 0 N–H and O–H groups in total. The zero-order chi connectivity index (χ0) is 15.2.